The summed E-state index contributed by atoms with van der Waals surface area (Å²) < 4.78 is 39.5. The van der Waals surface area contributed by atoms with Gasteiger partial charge in [-0.25, -0.2) is 17.8 Å². The number of nitrogens with zero attached hydrogens (tertiary/aromatic N) is 3. The van der Waals surface area contributed by atoms with Crippen molar-refractivity contribution in [1.82, 2.24) is 14.5 Å². The molecule has 0 saturated heterocycles. The number of hydrogen-bond acceptors (Lipinski definition) is 6. The van der Waals surface area contributed by atoms with Gasteiger partial charge in [0.1, 0.15) is 11.9 Å². The average Bonchev–Trinajstić information content (AvgIpc) is 3.01. The number of aromatic nitrogens is 3. The highest BCUT2D eigenvalue weighted by atomic mass is 35.5. The molecule has 3 heterocycles. The van der Waals surface area contributed by atoms with E-state index in [-0.39, 0.29) is 54.7 Å². The van der Waals surface area contributed by atoms with Gasteiger partial charge in [-0.2, -0.15) is 0 Å². The number of fused-ring (bicyclic) bond motifs is 1. The van der Waals surface area contributed by atoms with Crippen LogP contribution in [0.25, 0.3) is 11.0 Å². The summed E-state index contributed by atoms with van der Waals surface area (Å²) >= 11 is 0. The Bertz CT molecular complexity index is 1200. The van der Waals surface area contributed by atoms with Crippen molar-refractivity contribution in [1.29, 1.82) is 0 Å². The van der Waals surface area contributed by atoms with Gasteiger partial charge < -0.3 is 15.4 Å². The predicted octanol–water partition coefficient (Wildman–Crippen LogP) is 3.70. The fourth-order valence-electron chi connectivity index (χ4n) is 3.56. The van der Waals surface area contributed by atoms with Crippen LogP contribution in [0.1, 0.15) is 42.7 Å². The van der Waals surface area contributed by atoms with Crippen molar-refractivity contribution in [2.75, 3.05) is 12.8 Å². The van der Waals surface area contributed by atoms with E-state index >= 15 is 0 Å². The largest absolute Gasteiger partial charge is 0.383 e. The van der Waals surface area contributed by atoms with Crippen molar-refractivity contribution in [3.63, 3.8) is 0 Å². The molecular formula is C21H27Cl2FN4O3S. The standard InChI is InChI=1S/C21H25FN4O3S.2ClH/c1-13(2)20-18(21(27)14-6-7-17(25-11-14)30(3,28)29)19-16(5-4-10-24-19)26(20)12-15(22)8-9-23;;/h4-8,10-11,13,21,27H,9,12,23H2,1-3H3;2*1H. The Balaban J connectivity index is 0.00000256. The van der Waals surface area contributed by atoms with Crippen molar-refractivity contribution in [3.05, 3.63) is 65.4 Å². The van der Waals surface area contributed by atoms with Crippen molar-refractivity contribution < 1.29 is 17.9 Å². The van der Waals surface area contributed by atoms with Crippen LogP contribution in [0.4, 0.5) is 4.39 Å². The number of aliphatic hydroxyl groups excluding tert-OH is 1. The summed E-state index contributed by atoms with van der Waals surface area (Å²) in [7, 11) is -3.45. The fourth-order valence-corrected chi connectivity index (χ4v) is 4.12. The third kappa shape index (κ3) is 5.65. The molecule has 0 amide bonds. The second-order valence-corrected chi connectivity index (χ2v) is 9.36. The van der Waals surface area contributed by atoms with Crippen LogP contribution in [0.5, 0.6) is 0 Å². The van der Waals surface area contributed by atoms with Crippen molar-refractivity contribution in [2.45, 2.75) is 37.4 Å². The van der Waals surface area contributed by atoms with Crippen molar-refractivity contribution in [3.8, 4) is 0 Å². The molecule has 11 heteroatoms. The molecule has 1 unspecified atom stereocenters. The van der Waals surface area contributed by atoms with Crippen LogP contribution in [-0.2, 0) is 16.4 Å². The maximum atomic E-state index is 14.4. The smallest absolute Gasteiger partial charge is 0.192 e. The first kappa shape index (κ1) is 28.0. The maximum absolute atomic E-state index is 14.4. The van der Waals surface area contributed by atoms with Crippen LogP contribution in [0.15, 0.2) is 53.6 Å². The molecule has 176 valence electrons. The summed E-state index contributed by atoms with van der Waals surface area (Å²) in [6.45, 7) is 3.98. The molecule has 0 fully saturated rings. The fraction of sp³-hybridized carbons (Fsp3) is 0.333. The van der Waals surface area contributed by atoms with Gasteiger partial charge in [0, 0.05) is 42.0 Å². The zero-order valence-electron chi connectivity index (χ0n) is 17.9. The van der Waals surface area contributed by atoms with Gasteiger partial charge in [0.05, 0.1) is 17.6 Å². The van der Waals surface area contributed by atoms with Gasteiger partial charge in [0.15, 0.2) is 14.9 Å². The molecule has 0 aliphatic rings. The molecule has 3 aromatic heterocycles. The Hall–Kier alpha value is -2.04. The summed E-state index contributed by atoms with van der Waals surface area (Å²) in [4.78, 5) is 8.41. The molecule has 3 aromatic rings. The number of sulfone groups is 1. The Morgan fingerprint density at radius 2 is 1.94 bits per heavy atom. The van der Waals surface area contributed by atoms with Gasteiger partial charge in [-0.3, -0.25) is 4.98 Å². The van der Waals surface area contributed by atoms with Gasteiger partial charge in [0.25, 0.3) is 0 Å². The summed E-state index contributed by atoms with van der Waals surface area (Å²) in [6, 6.07) is 6.47. The normalized spacial score (nSPS) is 13.0. The van der Waals surface area contributed by atoms with Gasteiger partial charge in [-0.1, -0.05) is 19.9 Å². The van der Waals surface area contributed by atoms with E-state index in [0.29, 0.717) is 22.2 Å². The van der Waals surface area contributed by atoms with E-state index in [2.05, 4.69) is 9.97 Å². The zero-order valence-corrected chi connectivity index (χ0v) is 20.3. The van der Waals surface area contributed by atoms with E-state index in [1.54, 1.807) is 16.8 Å². The molecule has 3 N–H and O–H groups in total. The van der Waals surface area contributed by atoms with Crippen molar-refractivity contribution in [2.24, 2.45) is 5.73 Å². The molecule has 0 saturated carbocycles. The summed E-state index contributed by atoms with van der Waals surface area (Å²) in [6.07, 6.45) is 4.24. The third-order valence-corrected chi connectivity index (χ3v) is 5.82. The number of nitrogens with two attached hydrogens (primary N) is 1. The lowest BCUT2D eigenvalue weighted by molar-refractivity contribution is 0.219. The van der Waals surface area contributed by atoms with Gasteiger partial charge >= 0.3 is 0 Å². The van der Waals surface area contributed by atoms with E-state index < -0.39 is 15.9 Å². The van der Waals surface area contributed by atoms with Crippen LogP contribution >= 0.6 is 24.8 Å². The molecule has 3 rings (SSSR count). The Morgan fingerprint density at radius 3 is 2.47 bits per heavy atom. The third-order valence-electron chi connectivity index (χ3n) is 4.82. The van der Waals surface area contributed by atoms with Gasteiger partial charge in [-0.15, -0.1) is 24.8 Å². The predicted molar refractivity (Wildman–Crippen MR) is 128 cm³/mol. The van der Waals surface area contributed by atoms with E-state index in [9.17, 15) is 17.9 Å². The zero-order chi connectivity index (χ0) is 22.1. The lowest BCUT2D eigenvalue weighted by atomic mass is 9.97. The molecule has 7 nitrogen and oxygen atoms in total. The SMILES string of the molecule is CC(C)c1c(C(O)c2ccc(S(C)(=O)=O)nc2)c2ncccc2n1CC(F)=CCN.Cl.Cl. The molecule has 0 aliphatic carbocycles. The highest BCUT2D eigenvalue weighted by Gasteiger charge is 2.27. The highest BCUT2D eigenvalue weighted by Crippen LogP contribution is 2.37. The molecular weight excluding hydrogens is 478 g/mol. The van der Waals surface area contributed by atoms with Crippen molar-refractivity contribution >= 4 is 45.7 Å². The van der Waals surface area contributed by atoms with Crippen LogP contribution < -0.4 is 5.73 Å². The monoisotopic (exact) mass is 504 g/mol. The minimum Gasteiger partial charge on any atom is -0.383 e. The first-order chi connectivity index (χ1) is 14.1. The molecule has 0 spiro atoms. The lowest BCUT2D eigenvalue weighted by Crippen LogP contribution is -2.11. The number of hydrogen-bond donors (Lipinski definition) is 2. The number of halogens is 3. The molecule has 0 aromatic carbocycles. The summed E-state index contributed by atoms with van der Waals surface area (Å²) in [5.74, 6) is -0.418. The lowest BCUT2D eigenvalue weighted by Gasteiger charge is -2.18. The van der Waals surface area contributed by atoms with Crippen LogP contribution in [0.2, 0.25) is 0 Å². The molecule has 32 heavy (non-hydrogen) atoms. The minimum absolute atomic E-state index is 0. The van der Waals surface area contributed by atoms with Crippen LogP contribution in [-0.4, -0.2) is 40.9 Å². The second-order valence-electron chi connectivity index (χ2n) is 7.40. The van der Waals surface area contributed by atoms with E-state index in [4.69, 9.17) is 5.73 Å². The number of allylic oxidation sites excluding steroid dienone is 1. The summed E-state index contributed by atoms with van der Waals surface area (Å²) in [5, 5.41) is 11.1. The van der Waals surface area contributed by atoms with E-state index in [1.807, 2.05) is 19.9 Å². The highest BCUT2D eigenvalue weighted by molar-refractivity contribution is 7.90. The molecule has 0 radical (unpaired) electrons. The van der Waals surface area contributed by atoms with Gasteiger partial charge in [-0.05, 0) is 30.2 Å². The molecule has 1 atom stereocenters. The topological polar surface area (TPSA) is 111 Å². The second kappa shape index (κ2) is 11.2. The first-order valence-corrected chi connectivity index (χ1v) is 11.4. The Morgan fingerprint density at radius 1 is 1.25 bits per heavy atom. The van der Waals surface area contributed by atoms with E-state index in [1.165, 1.54) is 24.4 Å². The van der Waals surface area contributed by atoms with Gasteiger partial charge in [0.2, 0.25) is 0 Å². The minimum atomic E-state index is -3.45. The number of rotatable bonds is 7. The Kier molecular flexibility index (Phi) is 9.80. The molecule has 0 bridgehead atoms. The maximum Gasteiger partial charge on any atom is 0.192 e. The quantitative estimate of drug-likeness (QED) is 0.507. The Labute approximate surface area is 199 Å². The number of aliphatic hydroxyl groups is 1. The van der Waals surface area contributed by atoms with Crippen LogP contribution in [0, 0.1) is 0 Å². The van der Waals surface area contributed by atoms with E-state index in [0.717, 1.165) is 11.9 Å². The number of pyridine rings is 2. The average molecular weight is 505 g/mol. The summed E-state index contributed by atoms with van der Waals surface area (Å²) in [5.41, 5.74) is 8.40. The van der Waals surface area contributed by atoms with Crippen LogP contribution in [0.3, 0.4) is 0 Å². The molecule has 0 aliphatic heterocycles. The first-order valence-electron chi connectivity index (χ1n) is 9.50.